The average Bonchev–Trinajstić information content (AvgIpc) is 2.20. The Kier molecular flexibility index (Phi) is 6.11. The van der Waals surface area contributed by atoms with Crippen LogP contribution in [0.2, 0.25) is 18.1 Å². The van der Waals surface area contributed by atoms with E-state index in [4.69, 9.17) is 9.96 Å². The molecule has 0 bridgehead atoms. The van der Waals surface area contributed by atoms with E-state index in [1.54, 1.807) is 0 Å². The zero-order chi connectivity index (χ0) is 13.7. The Morgan fingerprint density at radius 1 is 1.47 bits per heavy atom. The van der Waals surface area contributed by atoms with Crippen LogP contribution in [0.4, 0.5) is 4.39 Å². The monoisotopic (exact) mass is 263 g/mol. The van der Waals surface area contributed by atoms with Gasteiger partial charge in [-0.15, -0.1) is 0 Å². The summed E-state index contributed by atoms with van der Waals surface area (Å²) in [5.74, 6) is 0. The van der Waals surface area contributed by atoms with Crippen LogP contribution in [0.25, 0.3) is 10.4 Å². The fourth-order valence-corrected chi connectivity index (χ4v) is 1.87. The number of azide groups is 1. The van der Waals surface area contributed by atoms with Crippen molar-refractivity contribution in [2.24, 2.45) is 5.11 Å². The molecule has 17 heavy (non-hydrogen) atoms. The molecular weight excluding hydrogens is 241 g/mol. The lowest BCUT2D eigenvalue weighted by Crippen LogP contribution is -2.44. The summed E-state index contributed by atoms with van der Waals surface area (Å²) in [7, 11) is -1.97. The number of nitrogens with zero attached hydrogens (tertiary/aromatic N) is 3. The Hall–Kier alpha value is -0.623. The first-order valence-electron chi connectivity index (χ1n) is 5.59. The lowest BCUT2D eigenvalue weighted by Gasteiger charge is -2.36. The lowest BCUT2D eigenvalue weighted by atomic mass is 10.2. The van der Waals surface area contributed by atoms with E-state index >= 15 is 0 Å². The zero-order valence-electron chi connectivity index (χ0n) is 11.1. The van der Waals surface area contributed by atoms with E-state index in [0.717, 1.165) is 0 Å². The van der Waals surface area contributed by atoms with Crippen molar-refractivity contribution in [3.63, 3.8) is 0 Å². The second-order valence-corrected chi connectivity index (χ2v) is 10.4. The Balaban J connectivity index is 4.24. The van der Waals surface area contributed by atoms with Crippen molar-refractivity contribution < 1.29 is 13.9 Å². The average molecular weight is 263 g/mol. The van der Waals surface area contributed by atoms with Gasteiger partial charge in [-0.25, -0.2) is 4.39 Å². The van der Waals surface area contributed by atoms with Crippen LogP contribution >= 0.6 is 0 Å². The molecule has 2 atom stereocenters. The van der Waals surface area contributed by atoms with Gasteiger partial charge in [0.25, 0.3) is 0 Å². The highest BCUT2D eigenvalue weighted by molar-refractivity contribution is 6.74. The smallest absolute Gasteiger partial charge is 0.192 e. The first kappa shape index (κ1) is 16.4. The number of hydrogen-bond donors (Lipinski definition) is 1. The van der Waals surface area contributed by atoms with Gasteiger partial charge >= 0.3 is 0 Å². The third-order valence-electron chi connectivity index (χ3n) is 3.16. The number of rotatable bonds is 6. The molecule has 100 valence electrons. The van der Waals surface area contributed by atoms with Gasteiger partial charge in [0.15, 0.2) is 8.32 Å². The van der Waals surface area contributed by atoms with Crippen LogP contribution in [0.5, 0.6) is 0 Å². The second-order valence-electron chi connectivity index (χ2n) is 5.57. The molecule has 0 aromatic carbocycles. The summed E-state index contributed by atoms with van der Waals surface area (Å²) in [5.41, 5.74) is 8.05. The minimum absolute atomic E-state index is 0.0172. The topological polar surface area (TPSA) is 78.2 Å². The van der Waals surface area contributed by atoms with Crippen molar-refractivity contribution >= 4 is 8.32 Å². The third kappa shape index (κ3) is 5.50. The molecule has 0 saturated carbocycles. The molecule has 0 fully saturated rings. The molecule has 0 amide bonds. The maximum absolute atomic E-state index is 13.3. The molecule has 1 N–H and O–H groups in total. The van der Waals surface area contributed by atoms with Gasteiger partial charge in [0.05, 0.1) is 13.2 Å². The van der Waals surface area contributed by atoms with E-state index in [-0.39, 0.29) is 18.2 Å². The second kappa shape index (κ2) is 6.35. The van der Waals surface area contributed by atoms with E-state index in [1.807, 2.05) is 13.1 Å². The molecule has 0 aromatic heterocycles. The zero-order valence-corrected chi connectivity index (χ0v) is 12.1. The highest BCUT2D eigenvalue weighted by Gasteiger charge is 2.38. The van der Waals surface area contributed by atoms with E-state index in [2.05, 4.69) is 30.8 Å². The molecule has 0 radical (unpaired) electrons. The Morgan fingerprint density at radius 3 is 2.41 bits per heavy atom. The number of aliphatic hydroxyl groups excluding tert-OH is 1. The van der Waals surface area contributed by atoms with Gasteiger partial charge in [-0.05, 0) is 23.7 Å². The molecule has 5 nitrogen and oxygen atoms in total. The van der Waals surface area contributed by atoms with Gasteiger partial charge in [0.1, 0.15) is 12.3 Å². The Labute approximate surface area is 103 Å². The highest BCUT2D eigenvalue weighted by atomic mass is 28.4. The normalized spacial score (nSPS) is 16.2. The predicted molar refractivity (Wildman–Crippen MR) is 68.1 cm³/mol. The number of aliphatic hydroxyl groups is 1. The van der Waals surface area contributed by atoms with E-state index in [1.165, 1.54) is 0 Å². The molecule has 0 saturated heterocycles. The van der Waals surface area contributed by atoms with E-state index < -0.39 is 20.6 Å². The van der Waals surface area contributed by atoms with Crippen LogP contribution in [0, 0.1) is 0 Å². The molecule has 0 rings (SSSR count). The van der Waals surface area contributed by atoms with Gasteiger partial charge in [0.2, 0.25) is 0 Å². The minimum atomic E-state index is -1.97. The van der Waals surface area contributed by atoms with Crippen molar-refractivity contribution in [1.82, 2.24) is 0 Å². The van der Waals surface area contributed by atoms with Crippen LogP contribution < -0.4 is 0 Å². The van der Waals surface area contributed by atoms with Crippen LogP contribution in [0.1, 0.15) is 20.8 Å². The van der Waals surface area contributed by atoms with Crippen molar-refractivity contribution in [3.8, 4) is 0 Å². The number of hydrogen-bond acceptors (Lipinski definition) is 3. The van der Waals surface area contributed by atoms with Crippen molar-refractivity contribution in [2.45, 2.75) is 51.2 Å². The van der Waals surface area contributed by atoms with Gasteiger partial charge in [-0.3, -0.25) is 0 Å². The fraction of sp³-hybridized carbons (Fsp3) is 1.00. The van der Waals surface area contributed by atoms with E-state index in [9.17, 15) is 9.50 Å². The molecule has 0 aliphatic rings. The Morgan fingerprint density at radius 2 is 2.00 bits per heavy atom. The maximum Gasteiger partial charge on any atom is 0.192 e. The first-order valence-corrected chi connectivity index (χ1v) is 8.49. The largest absolute Gasteiger partial charge is 0.414 e. The van der Waals surface area contributed by atoms with Crippen molar-refractivity contribution in [1.29, 1.82) is 0 Å². The number of alkyl halides is 1. The summed E-state index contributed by atoms with van der Waals surface area (Å²) in [5, 5.41) is 12.6. The molecule has 0 aliphatic carbocycles. The summed E-state index contributed by atoms with van der Waals surface area (Å²) < 4.78 is 18.9. The van der Waals surface area contributed by atoms with Gasteiger partial charge in [-0.2, -0.15) is 0 Å². The van der Waals surface area contributed by atoms with Crippen LogP contribution in [0.15, 0.2) is 5.11 Å². The van der Waals surface area contributed by atoms with Crippen molar-refractivity contribution in [3.05, 3.63) is 10.4 Å². The molecule has 0 heterocycles. The molecule has 0 aromatic rings. The molecule has 0 spiro atoms. The standard InChI is InChI=1S/C10H22FN3O2Si/c1-10(2,3)17(4,5)16-7-9(15)8(11)6-13-14-12/h8-9,15H,6-7H2,1-5H3/t8-,9-/m1/s1. The summed E-state index contributed by atoms with van der Waals surface area (Å²) in [6, 6.07) is 0. The summed E-state index contributed by atoms with van der Waals surface area (Å²) in [6.07, 6.45) is -2.81. The van der Waals surface area contributed by atoms with E-state index in [0.29, 0.717) is 0 Å². The highest BCUT2D eigenvalue weighted by Crippen LogP contribution is 2.36. The number of halogens is 1. The lowest BCUT2D eigenvalue weighted by molar-refractivity contribution is 0.0363. The van der Waals surface area contributed by atoms with Crippen LogP contribution in [0.3, 0.4) is 0 Å². The van der Waals surface area contributed by atoms with Crippen LogP contribution in [-0.2, 0) is 4.43 Å². The summed E-state index contributed by atoms with van der Waals surface area (Å²) >= 11 is 0. The SMILES string of the molecule is CC(C)(C)[Si](C)(C)OC[C@@H](O)[C@H](F)CN=[N+]=[N-]. The Bertz CT molecular complexity index is 288. The predicted octanol–water partition coefficient (Wildman–Crippen LogP) is 3.02. The fourth-order valence-electron chi connectivity index (χ4n) is 0.851. The quantitative estimate of drug-likeness (QED) is 0.346. The minimum Gasteiger partial charge on any atom is -0.414 e. The van der Waals surface area contributed by atoms with Gasteiger partial charge in [0, 0.05) is 4.91 Å². The van der Waals surface area contributed by atoms with Gasteiger partial charge in [-0.1, -0.05) is 25.9 Å². The third-order valence-corrected chi connectivity index (χ3v) is 7.66. The molecule has 7 heteroatoms. The summed E-state index contributed by atoms with van der Waals surface area (Å²) in [6.45, 7) is 9.84. The molecule has 0 aliphatic heterocycles. The van der Waals surface area contributed by atoms with Crippen molar-refractivity contribution in [2.75, 3.05) is 13.2 Å². The summed E-state index contributed by atoms with van der Waals surface area (Å²) in [4.78, 5) is 2.45. The first-order chi connectivity index (χ1) is 7.62. The van der Waals surface area contributed by atoms with Gasteiger partial charge < -0.3 is 9.53 Å². The van der Waals surface area contributed by atoms with Crippen LogP contribution in [-0.4, -0.2) is 38.9 Å². The maximum atomic E-state index is 13.3. The molecule has 0 unspecified atom stereocenters. The molecular formula is C10H22FN3O2Si.